The number of hydrogen-bond acceptors (Lipinski definition) is 4. The van der Waals surface area contributed by atoms with Crippen LogP contribution in [0.15, 0.2) is 53.6 Å². The highest BCUT2D eigenvalue weighted by atomic mass is 35.5. The van der Waals surface area contributed by atoms with Gasteiger partial charge in [0.1, 0.15) is 5.75 Å². The van der Waals surface area contributed by atoms with Crippen molar-refractivity contribution in [3.63, 3.8) is 0 Å². The average molecular weight is 394 g/mol. The van der Waals surface area contributed by atoms with Gasteiger partial charge < -0.3 is 10.1 Å². The Morgan fingerprint density at radius 1 is 1.26 bits per heavy atom. The molecule has 0 radical (unpaired) electrons. The maximum absolute atomic E-state index is 12.7. The number of hydrogen-bond donors (Lipinski definition) is 1. The number of carbonyl (C=O) groups excluding carboxylic acids is 2. The van der Waals surface area contributed by atoms with Gasteiger partial charge in [-0.2, -0.15) is 18.9 Å². The highest BCUT2D eigenvalue weighted by molar-refractivity contribution is 6.31. The van der Waals surface area contributed by atoms with Crippen molar-refractivity contribution in [1.29, 1.82) is 0 Å². The SMILES string of the molecule is CC1=NN(c2ccc(OC(F)F)cc2)C(=O)C1C(=O)Nc1cccc(Cl)c1. The number of rotatable bonds is 5. The summed E-state index contributed by atoms with van der Waals surface area (Å²) in [5.74, 6) is -2.23. The van der Waals surface area contributed by atoms with Gasteiger partial charge in [-0.05, 0) is 49.4 Å². The number of ether oxygens (including phenoxy) is 1. The summed E-state index contributed by atoms with van der Waals surface area (Å²) in [6.45, 7) is -1.38. The zero-order valence-corrected chi connectivity index (χ0v) is 14.8. The van der Waals surface area contributed by atoms with Crippen LogP contribution in [0.5, 0.6) is 5.75 Å². The number of anilines is 2. The molecule has 1 atom stereocenters. The molecule has 0 saturated heterocycles. The van der Waals surface area contributed by atoms with E-state index in [1.807, 2.05) is 0 Å². The molecule has 1 unspecified atom stereocenters. The minimum Gasteiger partial charge on any atom is -0.435 e. The van der Waals surface area contributed by atoms with Gasteiger partial charge in [0.15, 0.2) is 5.92 Å². The van der Waals surface area contributed by atoms with Gasteiger partial charge in [-0.25, -0.2) is 0 Å². The van der Waals surface area contributed by atoms with Crippen molar-refractivity contribution < 1.29 is 23.1 Å². The fourth-order valence-electron chi connectivity index (χ4n) is 2.60. The average Bonchev–Trinajstić information content (AvgIpc) is 2.89. The van der Waals surface area contributed by atoms with Crippen LogP contribution in [0.4, 0.5) is 20.2 Å². The Labute approximate surface area is 158 Å². The fourth-order valence-corrected chi connectivity index (χ4v) is 2.79. The van der Waals surface area contributed by atoms with Crippen molar-refractivity contribution in [2.45, 2.75) is 13.5 Å². The standard InChI is InChI=1S/C18H14ClF2N3O3/c1-10-15(16(25)22-12-4-2-3-11(19)9-12)17(26)24(23-10)13-5-7-14(8-6-13)27-18(20)21/h2-9,15,18H,1H3,(H,22,25). The van der Waals surface area contributed by atoms with Gasteiger partial charge in [-0.15, -0.1) is 0 Å². The molecule has 0 fully saturated rings. The first-order chi connectivity index (χ1) is 12.8. The lowest BCUT2D eigenvalue weighted by molar-refractivity contribution is -0.127. The third kappa shape index (κ3) is 4.22. The third-order valence-electron chi connectivity index (χ3n) is 3.79. The molecule has 1 heterocycles. The number of carbonyl (C=O) groups is 2. The van der Waals surface area contributed by atoms with E-state index in [0.29, 0.717) is 22.1 Å². The highest BCUT2D eigenvalue weighted by Crippen LogP contribution is 2.27. The van der Waals surface area contributed by atoms with Crippen LogP contribution < -0.4 is 15.1 Å². The summed E-state index contributed by atoms with van der Waals surface area (Å²) in [5, 5.41) is 8.26. The third-order valence-corrected chi connectivity index (χ3v) is 4.03. The molecule has 6 nitrogen and oxygen atoms in total. The molecule has 27 heavy (non-hydrogen) atoms. The summed E-state index contributed by atoms with van der Waals surface area (Å²) in [6.07, 6.45) is 0. The number of nitrogens with zero attached hydrogens (tertiary/aromatic N) is 2. The lowest BCUT2D eigenvalue weighted by atomic mass is 10.0. The second-order valence-electron chi connectivity index (χ2n) is 5.70. The molecule has 0 saturated carbocycles. The maximum atomic E-state index is 12.7. The van der Waals surface area contributed by atoms with Gasteiger partial charge in [0.2, 0.25) is 5.91 Å². The summed E-state index contributed by atoms with van der Waals surface area (Å²) in [5.41, 5.74) is 1.10. The van der Waals surface area contributed by atoms with Crippen molar-refractivity contribution >= 4 is 40.5 Å². The summed E-state index contributed by atoms with van der Waals surface area (Å²) in [6, 6.07) is 11.9. The Bertz CT molecular complexity index is 903. The van der Waals surface area contributed by atoms with Crippen LogP contribution >= 0.6 is 11.6 Å². The van der Waals surface area contributed by atoms with Crippen LogP contribution in [0.1, 0.15) is 6.92 Å². The Balaban J connectivity index is 1.74. The molecule has 2 aromatic rings. The van der Waals surface area contributed by atoms with Crippen molar-refractivity contribution in [2.24, 2.45) is 11.0 Å². The lowest BCUT2D eigenvalue weighted by Crippen LogP contribution is -2.36. The van der Waals surface area contributed by atoms with E-state index in [2.05, 4.69) is 15.2 Å². The Morgan fingerprint density at radius 2 is 1.96 bits per heavy atom. The molecule has 1 N–H and O–H groups in total. The van der Waals surface area contributed by atoms with Crippen molar-refractivity contribution in [1.82, 2.24) is 0 Å². The van der Waals surface area contributed by atoms with E-state index in [9.17, 15) is 18.4 Å². The number of halogens is 3. The van der Waals surface area contributed by atoms with Gasteiger partial charge in [0.05, 0.1) is 11.4 Å². The Kier molecular flexibility index (Phi) is 5.36. The molecule has 0 aliphatic carbocycles. The van der Waals surface area contributed by atoms with E-state index in [0.717, 1.165) is 5.01 Å². The molecule has 1 aliphatic rings. The van der Waals surface area contributed by atoms with E-state index >= 15 is 0 Å². The van der Waals surface area contributed by atoms with Crippen molar-refractivity contribution in [2.75, 3.05) is 10.3 Å². The van der Waals surface area contributed by atoms with Crippen LogP contribution in [0, 0.1) is 5.92 Å². The Morgan fingerprint density at radius 3 is 2.59 bits per heavy atom. The smallest absolute Gasteiger partial charge is 0.387 e. The largest absolute Gasteiger partial charge is 0.435 e. The van der Waals surface area contributed by atoms with Gasteiger partial charge >= 0.3 is 6.61 Å². The lowest BCUT2D eigenvalue weighted by Gasteiger charge is -2.15. The summed E-state index contributed by atoms with van der Waals surface area (Å²) in [7, 11) is 0. The summed E-state index contributed by atoms with van der Waals surface area (Å²) in [4.78, 5) is 25.2. The molecule has 9 heteroatoms. The predicted molar refractivity (Wildman–Crippen MR) is 97.2 cm³/mol. The molecule has 0 aromatic heterocycles. The van der Waals surface area contributed by atoms with E-state index in [-0.39, 0.29) is 5.75 Å². The molecule has 3 rings (SSSR count). The summed E-state index contributed by atoms with van der Waals surface area (Å²) < 4.78 is 28.7. The van der Waals surface area contributed by atoms with E-state index < -0.39 is 24.3 Å². The predicted octanol–water partition coefficient (Wildman–Crippen LogP) is 3.92. The number of hydrazone groups is 1. The van der Waals surface area contributed by atoms with Crippen LogP contribution in [0.2, 0.25) is 5.02 Å². The number of nitrogens with one attached hydrogen (secondary N) is 1. The molecular weight excluding hydrogens is 380 g/mol. The zero-order valence-electron chi connectivity index (χ0n) is 14.0. The molecule has 0 spiro atoms. The topological polar surface area (TPSA) is 71.0 Å². The quantitative estimate of drug-likeness (QED) is 0.783. The van der Waals surface area contributed by atoms with Gasteiger partial charge in [-0.1, -0.05) is 17.7 Å². The second kappa shape index (κ2) is 7.71. The van der Waals surface area contributed by atoms with Crippen molar-refractivity contribution in [3.8, 4) is 5.75 Å². The second-order valence-corrected chi connectivity index (χ2v) is 6.13. The number of amides is 2. The van der Waals surface area contributed by atoms with E-state index in [1.165, 1.54) is 24.3 Å². The van der Waals surface area contributed by atoms with Gasteiger partial charge in [0.25, 0.3) is 5.91 Å². The molecule has 2 amide bonds. The fraction of sp³-hybridized carbons (Fsp3) is 0.167. The normalized spacial score (nSPS) is 16.5. The van der Waals surface area contributed by atoms with Crippen molar-refractivity contribution in [3.05, 3.63) is 53.6 Å². The first-order valence-corrected chi connectivity index (χ1v) is 8.23. The van der Waals surface area contributed by atoms with Crippen LogP contribution in [0.25, 0.3) is 0 Å². The molecular formula is C18H14ClF2N3O3. The first kappa shape index (κ1) is 18.8. The monoisotopic (exact) mass is 393 g/mol. The maximum Gasteiger partial charge on any atom is 0.387 e. The molecule has 0 bridgehead atoms. The molecule has 2 aromatic carbocycles. The summed E-state index contributed by atoms with van der Waals surface area (Å²) >= 11 is 5.89. The Hall–Kier alpha value is -3.00. The van der Waals surface area contributed by atoms with Gasteiger partial charge in [0, 0.05) is 10.7 Å². The van der Waals surface area contributed by atoms with Crippen LogP contribution in [-0.4, -0.2) is 24.1 Å². The van der Waals surface area contributed by atoms with Crippen LogP contribution in [0.3, 0.4) is 0 Å². The zero-order chi connectivity index (χ0) is 19.6. The first-order valence-electron chi connectivity index (χ1n) is 7.85. The highest BCUT2D eigenvalue weighted by Gasteiger charge is 2.39. The number of alkyl halides is 2. The van der Waals surface area contributed by atoms with Gasteiger partial charge in [-0.3, -0.25) is 9.59 Å². The molecule has 1 aliphatic heterocycles. The number of benzene rings is 2. The van der Waals surface area contributed by atoms with E-state index in [4.69, 9.17) is 11.6 Å². The minimum atomic E-state index is -2.94. The van der Waals surface area contributed by atoms with Crippen LogP contribution in [-0.2, 0) is 9.59 Å². The van der Waals surface area contributed by atoms with E-state index in [1.54, 1.807) is 31.2 Å². The molecule has 140 valence electrons. The minimum absolute atomic E-state index is 0.0450.